The molecule has 33 heavy (non-hydrogen) atoms. The minimum Gasteiger partial charge on any atom is -0.286 e. The Morgan fingerprint density at radius 1 is 0.939 bits per heavy atom. The summed E-state index contributed by atoms with van der Waals surface area (Å²) in [4.78, 5) is 9.15. The molecule has 2 aromatic carbocycles. The van der Waals surface area contributed by atoms with Crippen molar-refractivity contribution < 1.29 is 13.0 Å². The molecule has 0 fully saturated rings. The maximum Gasteiger partial charge on any atom is 0.246 e. The zero-order chi connectivity index (χ0) is 22.4. The molecule has 164 valence electrons. The Balaban J connectivity index is 1.57. The Morgan fingerprint density at radius 3 is 2.70 bits per heavy atom. The van der Waals surface area contributed by atoms with Crippen LogP contribution < -0.4 is 0 Å². The van der Waals surface area contributed by atoms with E-state index in [1.807, 2.05) is 47.2 Å². The summed E-state index contributed by atoms with van der Waals surface area (Å²) in [6.07, 6.45) is 5.63. The molecule has 4 heterocycles. The minimum absolute atomic E-state index is 0.0461. The van der Waals surface area contributed by atoms with Gasteiger partial charge in [-0.25, -0.2) is 23.0 Å². The van der Waals surface area contributed by atoms with Crippen LogP contribution in [0.3, 0.4) is 0 Å². The second kappa shape index (κ2) is 7.61. The molecular formula is C23H18N6O3S. The number of aromatic nitrogens is 5. The van der Waals surface area contributed by atoms with Crippen molar-refractivity contribution in [2.45, 2.75) is 23.9 Å². The van der Waals surface area contributed by atoms with E-state index in [0.29, 0.717) is 23.6 Å². The van der Waals surface area contributed by atoms with Crippen LogP contribution in [0.15, 0.2) is 88.8 Å². The minimum atomic E-state index is -4.02. The van der Waals surface area contributed by atoms with Crippen LogP contribution in [0.25, 0.3) is 16.9 Å². The van der Waals surface area contributed by atoms with Gasteiger partial charge in [-0.15, -0.1) is 0 Å². The Labute approximate surface area is 189 Å². The molecular weight excluding hydrogens is 440 g/mol. The van der Waals surface area contributed by atoms with E-state index in [-0.39, 0.29) is 17.0 Å². The highest BCUT2D eigenvalue weighted by Crippen LogP contribution is 2.37. The van der Waals surface area contributed by atoms with Gasteiger partial charge in [-0.3, -0.25) is 4.57 Å². The van der Waals surface area contributed by atoms with Crippen molar-refractivity contribution in [1.82, 2.24) is 29.2 Å². The molecule has 0 saturated carbocycles. The largest absolute Gasteiger partial charge is 0.286 e. The molecule has 9 nitrogen and oxygen atoms in total. The summed E-state index contributed by atoms with van der Waals surface area (Å²) in [7, 11) is -4.02. The predicted molar refractivity (Wildman–Crippen MR) is 119 cm³/mol. The van der Waals surface area contributed by atoms with Crippen LogP contribution in [-0.4, -0.2) is 37.6 Å². The number of sulfonamides is 1. The summed E-state index contributed by atoms with van der Waals surface area (Å²) >= 11 is 0. The van der Waals surface area contributed by atoms with E-state index in [4.69, 9.17) is 4.63 Å². The maximum atomic E-state index is 14.2. The monoisotopic (exact) mass is 458 g/mol. The summed E-state index contributed by atoms with van der Waals surface area (Å²) in [5.74, 6) is 1.27. The van der Waals surface area contributed by atoms with Crippen LogP contribution in [0.1, 0.15) is 23.0 Å². The van der Waals surface area contributed by atoms with Gasteiger partial charge in [0.1, 0.15) is 22.1 Å². The molecule has 0 spiro atoms. The topological polar surface area (TPSA) is 107 Å². The molecule has 1 unspecified atom stereocenters. The average Bonchev–Trinajstić information content (AvgIpc) is 3.49. The standard InChI is InChI=1S/C23H18N6O3S/c30-33(31,20-10-4-9-18-21(20)27-32-26-18)29-15-17-8-5-11-24-22(17)28-13-12-25-23(28)19(29)14-16-6-2-1-3-7-16/h1-13,19H,14-15H2. The van der Waals surface area contributed by atoms with Gasteiger partial charge in [0.05, 0.1) is 6.04 Å². The molecule has 6 rings (SSSR count). The highest BCUT2D eigenvalue weighted by molar-refractivity contribution is 7.89. The average molecular weight is 459 g/mol. The molecule has 1 aliphatic rings. The van der Waals surface area contributed by atoms with Crippen LogP contribution in [0, 0.1) is 0 Å². The Morgan fingerprint density at radius 2 is 1.82 bits per heavy atom. The normalized spacial score (nSPS) is 16.3. The molecule has 1 aliphatic heterocycles. The number of fused-ring (bicyclic) bond motifs is 4. The van der Waals surface area contributed by atoms with Crippen LogP contribution in [-0.2, 0) is 23.0 Å². The zero-order valence-electron chi connectivity index (χ0n) is 17.3. The fraction of sp³-hybridized carbons (Fsp3) is 0.130. The molecule has 1 atom stereocenters. The SMILES string of the molecule is O=S(=O)(c1cccc2nonc12)N1Cc2cccnc2-n2ccnc2C1Cc1ccccc1. The van der Waals surface area contributed by atoms with E-state index in [0.717, 1.165) is 11.1 Å². The van der Waals surface area contributed by atoms with Crippen molar-refractivity contribution >= 4 is 21.1 Å². The number of pyridine rings is 1. The summed E-state index contributed by atoms with van der Waals surface area (Å²) in [6, 6.07) is 17.7. The lowest BCUT2D eigenvalue weighted by Gasteiger charge is -2.28. The zero-order valence-corrected chi connectivity index (χ0v) is 18.1. The van der Waals surface area contributed by atoms with E-state index in [9.17, 15) is 8.42 Å². The second-order valence-corrected chi connectivity index (χ2v) is 9.64. The first-order valence-corrected chi connectivity index (χ1v) is 11.8. The molecule has 0 radical (unpaired) electrons. The Hall–Kier alpha value is -3.89. The third kappa shape index (κ3) is 3.22. The fourth-order valence-electron chi connectivity index (χ4n) is 4.32. The molecule has 0 aliphatic carbocycles. The van der Waals surface area contributed by atoms with E-state index in [2.05, 4.69) is 20.3 Å². The van der Waals surface area contributed by atoms with Crippen LogP contribution in [0.4, 0.5) is 0 Å². The van der Waals surface area contributed by atoms with Crippen molar-refractivity contribution in [1.29, 1.82) is 0 Å². The molecule has 5 aromatic rings. The third-order valence-electron chi connectivity index (χ3n) is 5.84. The molecule has 0 bridgehead atoms. The van der Waals surface area contributed by atoms with E-state index < -0.39 is 16.1 Å². The van der Waals surface area contributed by atoms with Gasteiger partial charge in [0.25, 0.3) is 0 Å². The van der Waals surface area contributed by atoms with Gasteiger partial charge in [0, 0.05) is 30.7 Å². The number of nitrogens with zero attached hydrogens (tertiary/aromatic N) is 6. The highest BCUT2D eigenvalue weighted by Gasteiger charge is 2.39. The third-order valence-corrected chi connectivity index (χ3v) is 7.73. The number of hydrogen-bond donors (Lipinski definition) is 0. The van der Waals surface area contributed by atoms with E-state index in [1.165, 1.54) is 10.4 Å². The molecule has 3 aromatic heterocycles. The number of hydrogen-bond acceptors (Lipinski definition) is 7. The number of imidazole rings is 1. The van der Waals surface area contributed by atoms with Gasteiger partial charge >= 0.3 is 0 Å². The second-order valence-electron chi connectivity index (χ2n) is 7.79. The lowest BCUT2D eigenvalue weighted by Crippen LogP contribution is -2.35. The smallest absolute Gasteiger partial charge is 0.246 e. The first kappa shape index (κ1) is 19.8. The Kier molecular flexibility index (Phi) is 4.56. The van der Waals surface area contributed by atoms with Crippen molar-refractivity contribution in [3.63, 3.8) is 0 Å². The van der Waals surface area contributed by atoms with Gasteiger partial charge in [-0.05, 0) is 40.5 Å². The quantitative estimate of drug-likeness (QED) is 0.407. The molecule has 0 saturated heterocycles. The van der Waals surface area contributed by atoms with Crippen molar-refractivity contribution in [3.05, 3.63) is 96.2 Å². The molecule has 0 N–H and O–H groups in total. The van der Waals surface area contributed by atoms with Gasteiger partial charge in [0.2, 0.25) is 10.0 Å². The lowest BCUT2D eigenvalue weighted by atomic mass is 10.1. The molecule has 10 heteroatoms. The molecule has 0 amide bonds. The summed E-state index contributed by atoms with van der Waals surface area (Å²) < 4.78 is 36.5. The first-order chi connectivity index (χ1) is 16.1. The summed E-state index contributed by atoms with van der Waals surface area (Å²) in [6.45, 7) is 0.133. The van der Waals surface area contributed by atoms with Crippen LogP contribution in [0.2, 0.25) is 0 Å². The van der Waals surface area contributed by atoms with Gasteiger partial charge in [-0.1, -0.05) is 42.5 Å². The van der Waals surface area contributed by atoms with Crippen LogP contribution >= 0.6 is 0 Å². The van der Waals surface area contributed by atoms with Crippen molar-refractivity contribution in [2.24, 2.45) is 0 Å². The van der Waals surface area contributed by atoms with Gasteiger partial charge in [0.15, 0.2) is 5.52 Å². The number of rotatable bonds is 4. The number of benzene rings is 2. The Bertz CT molecular complexity index is 1560. The highest BCUT2D eigenvalue weighted by atomic mass is 32.2. The fourth-order valence-corrected chi connectivity index (χ4v) is 6.02. The van der Waals surface area contributed by atoms with Crippen molar-refractivity contribution in [2.75, 3.05) is 0 Å². The van der Waals surface area contributed by atoms with Gasteiger partial charge < -0.3 is 0 Å². The van der Waals surface area contributed by atoms with E-state index in [1.54, 1.807) is 30.6 Å². The van der Waals surface area contributed by atoms with E-state index >= 15 is 0 Å². The lowest BCUT2D eigenvalue weighted by molar-refractivity contribution is 0.307. The van der Waals surface area contributed by atoms with Crippen molar-refractivity contribution in [3.8, 4) is 5.82 Å². The van der Waals surface area contributed by atoms with Crippen LogP contribution in [0.5, 0.6) is 0 Å². The first-order valence-electron chi connectivity index (χ1n) is 10.4. The summed E-state index contributed by atoms with van der Waals surface area (Å²) in [5, 5.41) is 7.68. The van der Waals surface area contributed by atoms with Gasteiger partial charge in [-0.2, -0.15) is 4.31 Å². The predicted octanol–water partition coefficient (Wildman–Crippen LogP) is 3.29. The maximum absolute atomic E-state index is 14.2. The summed E-state index contributed by atoms with van der Waals surface area (Å²) in [5.41, 5.74) is 2.36.